The third kappa shape index (κ3) is 7.31. The van der Waals surface area contributed by atoms with E-state index in [0.717, 1.165) is 51.2 Å². The van der Waals surface area contributed by atoms with Crippen LogP contribution in [0.3, 0.4) is 0 Å². The van der Waals surface area contributed by atoms with E-state index in [1.165, 1.54) is 4.90 Å². The van der Waals surface area contributed by atoms with Gasteiger partial charge in [0.15, 0.2) is 0 Å². The van der Waals surface area contributed by atoms with Gasteiger partial charge < -0.3 is 10.2 Å². The monoisotopic (exact) mass is 625 g/mol. The average Bonchev–Trinajstić information content (AvgIpc) is 3.44. The minimum absolute atomic E-state index is 0.0890. The molecule has 1 aliphatic rings. The Morgan fingerprint density at radius 1 is 0.950 bits per heavy atom. The quantitative estimate of drug-likeness (QED) is 0.311. The topological polar surface area (TPSA) is 86.8 Å². The molecule has 0 spiro atoms. The largest absolute Gasteiger partial charge is 0.352 e. The van der Waals surface area contributed by atoms with Gasteiger partial charge in [-0.3, -0.25) is 13.9 Å². The van der Waals surface area contributed by atoms with Gasteiger partial charge in [-0.1, -0.05) is 76.3 Å². The second-order valence-corrected chi connectivity index (χ2v) is 13.3. The molecule has 2 amide bonds. The highest BCUT2D eigenvalue weighted by atomic mass is 79.9. The van der Waals surface area contributed by atoms with E-state index in [0.29, 0.717) is 5.69 Å². The van der Waals surface area contributed by atoms with Crippen LogP contribution < -0.4 is 9.62 Å². The number of benzene rings is 3. The molecule has 0 aliphatic heterocycles. The molecule has 212 valence electrons. The summed E-state index contributed by atoms with van der Waals surface area (Å²) in [6.07, 6.45) is 4.00. The summed E-state index contributed by atoms with van der Waals surface area (Å²) >= 11 is 3.40. The van der Waals surface area contributed by atoms with Gasteiger partial charge in [0, 0.05) is 17.1 Å². The molecule has 0 heterocycles. The molecule has 1 N–H and O–H groups in total. The summed E-state index contributed by atoms with van der Waals surface area (Å²) in [5, 5.41) is 3.09. The Labute approximate surface area is 245 Å². The van der Waals surface area contributed by atoms with Crippen molar-refractivity contribution in [1.29, 1.82) is 0 Å². The lowest BCUT2D eigenvalue weighted by atomic mass is 10.1. The van der Waals surface area contributed by atoms with Crippen LogP contribution in [0.25, 0.3) is 0 Å². The molecule has 1 fully saturated rings. The predicted molar refractivity (Wildman–Crippen MR) is 161 cm³/mol. The van der Waals surface area contributed by atoms with Gasteiger partial charge in [0.2, 0.25) is 11.8 Å². The summed E-state index contributed by atoms with van der Waals surface area (Å²) in [5.41, 5.74) is 3.18. The molecule has 3 aromatic rings. The molecule has 0 bridgehead atoms. The van der Waals surface area contributed by atoms with Crippen LogP contribution in [0, 0.1) is 13.8 Å². The molecule has 1 atom stereocenters. The molecule has 0 saturated heterocycles. The van der Waals surface area contributed by atoms with Crippen molar-refractivity contribution in [1.82, 2.24) is 10.2 Å². The molecule has 40 heavy (non-hydrogen) atoms. The molecule has 0 aromatic heterocycles. The van der Waals surface area contributed by atoms with E-state index in [4.69, 9.17) is 0 Å². The minimum Gasteiger partial charge on any atom is -0.352 e. The van der Waals surface area contributed by atoms with Crippen molar-refractivity contribution < 1.29 is 18.0 Å². The first-order chi connectivity index (χ1) is 19.0. The zero-order valence-corrected chi connectivity index (χ0v) is 25.5. The van der Waals surface area contributed by atoms with E-state index in [1.807, 2.05) is 38.1 Å². The van der Waals surface area contributed by atoms with Gasteiger partial charge in [-0.25, -0.2) is 8.42 Å². The Hall–Kier alpha value is -3.17. The van der Waals surface area contributed by atoms with Gasteiger partial charge >= 0.3 is 0 Å². The number of halogens is 1. The van der Waals surface area contributed by atoms with Gasteiger partial charge in [-0.2, -0.15) is 0 Å². The number of rotatable bonds is 10. The number of nitrogens with zero attached hydrogens (tertiary/aromatic N) is 2. The number of anilines is 1. The highest BCUT2D eigenvalue weighted by molar-refractivity contribution is 9.10. The van der Waals surface area contributed by atoms with Crippen LogP contribution in [0.5, 0.6) is 0 Å². The zero-order valence-electron chi connectivity index (χ0n) is 23.1. The predicted octanol–water partition coefficient (Wildman–Crippen LogP) is 5.74. The first-order valence-electron chi connectivity index (χ1n) is 13.5. The Bertz CT molecular complexity index is 1440. The Morgan fingerprint density at radius 3 is 2.23 bits per heavy atom. The summed E-state index contributed by atoms with van der Waals surface area (Å²) in [5.74, 6) is -0.696. The summed E-state index contributed by atoms with van der Waals surface area (Å²) in [4.78, 5) is 28.9. The van der Waals surface area contributed by atoms with E-state index < -0.39 is 28.5 Å². The maximum atomic E-state index is 14.0. The molecule has 7 nitrogen and oxygen atoms in total. The van der Waals surface area contributed by atoms with Crippen molar-refractivity contribution in [3.05, 3.63) is 94.0 Å². The fourth-order valence-corrected chi connectivity index (χ4v) is 6.63. The first-order valence-corrected chi connectivity index (χ1v) is 15.8. The Morgan fingerprint density at radius 2 is 1.60 bits per heavy atom. The van der Waals surface area contributed by atoms with Crippen molar-refractivity contribution in [2.75, 3.05) is 10.8 Å². The summed E-state index contributed by atoms with van der Waals surface area (Å²) in [6, 6.07) is 20.4. The van der Waals surface area contributed by atoms with Gasteiger partial charge in [-0.05, 0) is 75.6 Å². The number of aryl methyl sites for hydroxylation is 2. The first kappa shape index (κ1) is 29.8. The average molecular weight is 627 g/mol. The number of amides is 2. The normalized spacial score (nSPS) is 14.5. The summed E-state index contributed by atoms with van der Waals surface area (Å²) in [6.45, 7) is 5.28. The highest BCUT2D eigenvalue weighted by Gasteiger charge is 2.33. The SMILES string of the molecule is Cc1ccc(S(=O)(=O)N(CC(=O)N(Cc2cccc(C)c2)[C@H](C)C(=O)NC2CCCC2)c2ccc(Br)cc2)cc1. The van der Waals surface area contributed by atoms with Crippen molar-refractivity contribution in [2.24, 2.45) is 0 Å². The fourth-order valence-electron chi connectivity index (χ4n) is 4.96. The van der Waals surface area contributed by atoms with Crippen molar-refractivity contribution in [3.63, 3.8) is 0 Å². The molecule has 0 unspecified atom stereocenters. The van der Waals surface area contributed by atoms with Crippen LogP contribution in [-0.4, -0.2) is 43.8 Å². The fraction of sp³-hybridized carbons (Fsp3) is 0.355. The van der Waals surface area contributed by atoms with E-state index in [2.05, 4.69) is 21.2 Å². The number of hydrogen-bond donors (Lipinski definition) is 1. The van der Waals surface area contributed by atoms with Gasteiger partial charge in [-0.15, -0.1) is 0 Å². The Kier molecular flexibility index (Phi) is 9.68. The molecule has 9 heteroatoms. The van der Waals surface area contributed by atoms with Crippen LogP contribution in [0.4, 0.5) is 5.69 Å². The molecule has 4 rings (SSSR count). The van der Waals surface area contributed by atoms with Crippen LogP contribution in [0.15, 0.2) is 82.2 Å². The lowest BCUT2D eigenvalue weighted by Gasteiger charge is -2.32. The second kappa shape index (κ2) is 13.0. The van der Waals surface area contributed by atoms with Gasteiger partial charge in [0.05, 0.1) is 10.6 Å². The van der Waals surface area contributed by atoms with Crippen molar-refractivity contribution in [2.45, 2.75) is 70.0 Å². The second-order valence-electron chi connectivity index (χ2n) is 10.5. The Balaban J connectivity index is 1.68. The smallest absolute Gasteiger partial charge is 0.264 e. The van der Waals surface area contributed by atoms with Crippen LogP contribution in [0.1, 0.15) is 49.3 Å². The molecule has 1 aliphatic carbocycles. The van der Waals surface area contributed by atoms with Crippen LogP contribution >= 0.6 is 15.9 Å². The van der Waals surface area contributed by atoms with E-state index in [-0.39, 0.29) is 23.4 Å². The highest BCUT2D eigenvalue weighted by Crippen LogP contribution is 2.26. The van der Waals surface area contributed by atoms with Gasteiger partial charge in [0.1, 0.15) is 12.6 Å². The molecule has 1 saturated carbocycles. The number of hydrogen-bond acceptors (Lipinski definition) is 4. The third-order valence-electron chi connectivity index (χ3n) is 7.31. The lowest BCUT2D eigenvalue weighted by Crippen LogP contribution is -2.52. The summed E-state index contributed by atoms with van der Waals surface area (Å²) in [7, 11) is -4.09. The van der Waals surface area contributed by atoms with E-state index in [1.54, 1.807) is 55.5 Å². The lowest BCUT2D eigenvalue weighted by molar-refractivity contribution is -0.139. The zero-order chi connectivity index (χ0) is 28.9. The molecule has 0 radical (unpaired) electrons. The van der Waals surface area contributed by atoms with Crippen LogP contribution in [-0.2, 0) is 26.2 Å². The standard InChI is InChI=1S/C31H36BrN3O4S/c1-22-11-17-29(18-12-22)40(38,39)35(28-15-13-26(32)14-16-28)21-30(36)34(20-25-8-6-7-23(2)19-25)24(3)31(37)33-27-9-4-5-10-27/h6-8,11-19,24,27H,4-5,9-10,20-21H2,1-3H3,(H,33,37)/t24-/m1/s1. The molecule has 3 aromatic carbocycles. The minimum atomic E-state index is -4.09. The van der Waals surface area contributed by atoms with Crippen molar-refractivity contribution >= 4 is 43.5 Å². The molecular formula is C31H36BrN3O4S. The number of carbonyl (C=O) groups excluding carboxylic acids is 2. The van der Waals surface area contributed by atoms with Crippen molar-refractivity contribution in [3.8, 4) is 0 Å². The maximum Gasteiger partial charge on any atom is 0.264 e. The number of carbonyl (C=O) groups is 2. The maximum absolute atomic E-state index is 14.0. The number of nitrogens with one attached hydrogen (secondary N) is 1. The van der Waals surface area contributed by atoms with E-state index >= 15 is 0 Å². The summed E-state index contributed by atoms with van der Waals surface area (Å²) < 4.78 is 29.7. The number of sulfonamides is 1. The molecular weight excluding hydrogens is 590 g/mol. The van der Waals surface area contributed by atoms with Gasteiger partial charge in [0.25, 0.3) is 10.0 Å². The van der Waals surface area contributed by atoms with E-state index in [9.17, 15) is 18.0 Å². The third-order valence-corrected chi connectivity index (χ3v) is 9.62. The van der Waals surface area contributed by atoms with Crippen LogP contribution in [0.2, 0.25) is 0 Å².